The Morgan fingerprint density at radius 2 is 2.15 bits per heavy atom. The van der Waals surface area contributed by atoms with Crippen molar-refractivity contribution in [3.8, 4) is 0 Å². The van der Waals surface area contributed by atoms with Gasteiger partial charge in [-0.1, -0.05) is 0 Å². The molecule has 64 valence electrons. The van der Waals surface area contributed by atoms with Crippen LogP contribution in [0.1, 0.15) is 0 Å². The van der Waals surface area contributed by atoms with E-state index in [0.717, 1.165) is 5.52 Å². The van der Waals surface area contributed by atoms with Gasteiger partial charge in [0, 0.05) is 6.20 Å². The van der Waals surface area contributed by atoms with E-state index < -0.39 is 0 Å². The van der Waals surface area contributed by atoms with Gasteiger partial charge < -0.3 is 9.97 Å². The number of aromatic amines is 2. The van der Waals surface area contributed by atoms with Gasteiger partial charge in [-0.05, 0) is 0 Å². The number of rotatable bonds is 0. The molecule has 0 saturated carbocycles. The first-order valence-electron chi connectivity index (χ1n) is 3.81. The highest BCUT2D eigenvalue weighted by molar-refractivity contribution is 6.00. The van der Waals surface area contributed by atoms with Gasteiger partial charge in [-0.3, -0.25) is 0 Å². The monoisotopic (exact) mass is 176 g/mol. The van der Waals surface area contributed by atoms with E-state index in [1.54, 1.807) is 6.20 Å². The summed E-state index contributed by atoms with van der Waals surface area (Å²) in [6.07, 6.45) is 4.44. The molecule has 5 heteroatoms. The zero-order valence-corrected chi connectivity index (χ0v) is 6.50. The minimum Gasteiger partial charge on any atom is -0.343 e. The van der Waals surface area contributed by atoms with E-state index in [9.17, 15) is 4.39 Å². The Bertz CT molecular complexity index is 580. The number of halogens is 1. The molecule has 0 fully saturated rings. The fourth-order valence-electron chi connectivity index (χ4n) is 1.45. The lowest BCUT2D eigenvalue weighted by molar-refractivity contribution is 0.640. The van der Waals surface area contributed by atoms with Gasteiger partial charge in [0.1, 0.15) is 11.2 Å². The molecule has 0 atom stereocenters. The maximum atomic E-state index is 13.2. The Balaban J connectivity index is 2.70. The molecule has 4 nitrogen and oxygen atoms in total. The van der Waals surface area contributed by atoms with Crippen LogP contribution < -0.4 is 0 Å². The second-order valence-electron chi connectivity index (χ2n) is 2.78. The Morgan fingerprint density at radius 1 is 1.23 bits per heavy atom. The Kier molecular flexibility index (Phi) is 1.05. The first kappa shape index (κ1) is 6.59. The number of nitrogens with one attached hydrogen (secondary N) is 2. The number of aromatic nitrogens is 4. The number of H-pyrrole nitrogens is 2. The number of pyridine rings is 1. The van der Waals surface area contributed by atoms with Gasteiger partial charge in [-0.2, -0.15) is 0 Å². The van der Waals surface area contributed by atoms with Crippen molar-refractivity contribution in [1.29, 1.82) is 0 Å². The number of nitrogens with zero attached hydrogens (tertiary/aromatic N) is 2. The highest BCUT2D eigenvalue weighted by Gasteiger charge is 2.09. The summed E-state index contributed by atoms with van der Waals surface area (Å²) < 4.78 is 13.2. The molecule has 0 aliphatic carbocycles. The molecular weight excluding hydrogens is 171 g/mol. The minimum absolute atomic E-state index is 0.319. The van der Waals surface area contributed by atoms with Crippen LogP contribution in [-0.2, 0) is 0 Å². The molecule has 0 radical (unpaired) electrons. The smallest absolute Gasteiger partial charge is 0.152 e. The molecule has 0 unspecified atom stereocenters. The lowest BCUT2D eigenvalue weighted by Crippen LogP contribution is -1.79. The van der Waals surface area contributed by atoms with E-state index >= 15 is 0 Å². The fraction of sp³-hybridized carbons (Fsp3) is 0. The van der Waals surface area contributed by atoms with Crippen LogP contribution in [0.15, 0.2) is 18.7 Å². The lowest BCUT2D eigenvalue weighted by Gasteiger charge is -1.90. The Hall–Kier alpha value is -1.91. The van der Waals surface area contributed by atoms with E-state index in [1.165, 1.54) is 12.5 Å². The van der Waals surface area contributed by atoms with Crippen LogP contribution in [-0.4, -0.2) is 19.9 Å². The van der Waals surface area contributed by atoms with E-state index in [4.69, 9.17) is 0 Å². The van der Waals surface area contributed by atoms with Crippen molar-refractivity contribution < 1.29 is 4.39 Å². The lowest BCUT2D eigenvalue weighted by atomic mass is 10.3. The van der Waals surface area contributed by atoms with E-state index in [-0.39, 0.29) is 5.82 Å². The van der Waals surface area contributed by atoms with Crippen molar-refractivity contribution in [2.24, 2.45) is 0 Å². The number of hydrogen-bond acceptors (Lipinski definition) is 2. The number of hydrogen-bond donors (Lipinski definition) is 2. The standard InChI is InChI=1S/C8H5FN4/c9-4-1-10-8-6(4)7-5(2-11-8)12-3-13-7/h1-3H,(H,10,11)(H,12,13). The van der Waals surface area contributed by atoms with Crippen LogP contribution >= 0.6 is 0 Å². The SMILES string of the molecule is Fc1c[nH]c2ncc3[nH]cnc3c12. The maximum Gasteiger partial charge on any atom is 0.152 e. The van der Waals surface area contributed by atoms with Gasteiger partial charge in [0.25, 0.3) is 0 Å². The van der Waals surface area contributed by atoms with E-state index in [1.807, 2.05) is 0 Å². The maximum absolute atomic E-state index is 13.2. The minimum atomic E-state index is -0.319. The molecule has 0 amide bonds. The van der Waals surface area contributed by atoms with Crippen LogP contribution in [0.25, 0.3) is 22.1 Å². The van der Waals surface area contributed by atoms with Gasteiger partial charge in [0.05, 0.1) is 23.4 Å². The molecule has 0 aliphatic heterocycles. The molecule has 0 bridgehead atoms. The van der Waals surface area contributed by atoms with E-state index in [0.29, 0.717) is 16.6 Å². The summed E-state index contributed by atoms with van der Waals surface area (Å²) in [4.78, 5) is 13.7. The molecule has 0 saturated heterocycles. The van der Waals surface area contributed by atoms with E-state index in [2.05, 4.69) is 19.9 Å². The molecule has 2 N–H and O–H groups in total. The molecule has 0 spiro atoms. The predicted octanol–water partition coefficient (Wildman–Crippen LogP) is 1.58. The summed E-state index contributed by atoms with van der Waals surface area (Å²) in [5.41, 5.74) is 1.88. The van der Waals surface area contributed by atoms with Gasteiger partial charge in [-0.15, -0.1) is 0 Å². The molecule has 0 aliphatic rings. The zero-order valence-electron chi connectivity index (χ0n) is 6.50. The third-order valence-electron chi connectivity index (χ3n) is 2.04. The molecule has 3 rings (SSSR count). The third-order valence-corrected chi connectivity index (χ3v) is 2.04. The van der Waals surface area contributed by atoms with Crippen molar-refractivity contribution in [1.82, 2.24) is 19.9 Å². The molecule has 3 aromatic rings. The van der Waals surface area contributed by atoms with Crippen LogP contribution in [0.5, 0.6) is 0 Å². The average molecular weight is 176 g/mol. The highest BCUT2D eigenvalue weighted by atomic mass is 19.1. The quantitative estimate of drug-likeness (QED) is 0.546. The number of fused-ring (bicyclic) bond motifs is 3. The average Bonchev–Trinajstić information content (AvgIpc) is 2.70. The van der Waals surface area contributed by atoms with Crippen molar-refractivity contribution in [2.45, 2.75) is 0 Å². The van der Waals surface area contributed by atoms with Gasteiger partial charge in [0.2, 0.25) is 0 Å². The van der Waals surface area contributed by atoms with Gasteiger partial charge in [0.15, 0.2) is 5.82 Å². The summed E-state index contributed by atoms with van der Waals surface area (Å²) in [6, 6.07) is 0. The summed E-state index contributed by atoms with van der Waals surface area (Å²) >= 11 is 0. The molecule has 3 heterocycles. The Labute approximate surface area is 71.8 Å². The summed E-state index contributed by atoms with van der Waals surface area (Å²) in [7, 11) is 0. The first-order valence-corrected chi connectivity index (χ1v) is 3.81. The van der Waals surface area contributed by atoms with Crippen molar-refractivity contribution >= 4 is 22.1 Å². The van der Waals surface area contributed by atoms with Gasteiger partial charge >= 0.3 is 0 Å². The van der Waals surface area contributed by atoms with Crippen LogP contribution in [0.2, 0.25) is 0 Å². The second-order valence-corrected chi connectivity index (χ2v) is 2.78. The molecule has 0 aromatic carbocycles. The topological polar surface area (TPSA) is 57.4 Å². The van der Waals surface area contributed by atoms with Gasteiger partial charge in [-0.25, -0.2) is 14.4 Å². The molecule has 3 aromatic heterocycles. The second kappa shape index (κ2) is 2.07. The van der Waals surface area contributed by atoms with Crippen LogP contribution in [0, 0.1) is 5.82 Å². The summed E-state index contributed by atoms with van der Waals surface area (Å²) in [5.74, 6) is -0.319. The third kappa shape index (κ3) is 0.729. The normalized spacial score (nSPS) is 11.5. The van der Waals surface area contributed by atoms with Crippen molar-refractivity contribution in [3.05, 3.63) is 24.5 Å². The summed E-state index contributed by atoms with van der Waals surface area (Å²) in [5, 5.41) is 0.443. The van der Waals surface area contributed by atoms with Crippen molar-refractivity contribution in [3.63, 3.8) is 0 Å². The fourth-order valence-corrected chi connectivity index (χ4v) is 1.45. The molecular formula is C8H5FN4. The van der Waals surface area contributed by atoms with Crippen LogP contribution in [0.3, 0.4) is 0 Å². The molecule has 13 heavy (non-hydrogen) atoms. The first-order chi connectivity index (χ1) is 6.36. The van der Waals surface area contributed by atoms with Crippen molar-refractivity contribution in [2.75, 3.05) is 0 Å². The number of imidazole rings is 1. The zero-order chi connectivity index (χ0) is 8.84. The highest BCUT2D eigenvalue weighted by Crippen LogP contribution is 2.22. The summed E-state index contributed by atoms with van der Waals surface area (Å²) in [6.45, 7) is 0. The Morgan fingerprint density at radius 3 is 3.08 bits per heavy atom. The predicted molar refractivity (Wildman–Crippen MR) is 45.7 cm³/mol. The largest absolute Gasteiger partial charge is 0.343 e. The van der Waals surface area contributed by atoms with Crippen LogP contribution in [0.4, 0.5) is 4.39 Å².